The number of halogens is 4. The molecule has 20 heavy (non-hydrogen) atoms. The maximum absolute atomic E-state index is 13.9. The van der Waals surface area contributed by atoms with E-state index in [1.54, 1.807) is 12.1 Å². The summed E-state index contributed by atoms with van der Waals surface area (Å²) in [7, 11) is 0. The molecule has 0 spiro atoms. The second-order valence-electron chi connectivity index (χ2n) is 4.72. The Hall–Kier alpha value is -0.380. The largest absolute Gasteiger partial charge is 0.207 e. The van der Waals surface area contributed by atoms with Gasteiger partial charge < -0.3 is 0 Å². The molecule has 0 fully saturated rings. The maximum Gasteiger partial charge on any atom is 0.127 e. The molecule has 0 radical (unpaired) electrons. The fourth-order valence-electron chi connectivity index (χ4n) is 2.17. The molecule has 0 aliphatic heterocycles. The van der Waals surface area contributed by atoms with Crippen molar-refractivity contribution in [2.75, 3.05) is 5.33 Å². The van der Waals surface area contributed by atoms with Crippen molar-refractivity contribution >= 4 is 43.5 Å². The Morgan fingerprint density at radius 3 is 2.45 bits per heavy atom. The van der Waals surface area contributed by atoms with E-state index in [0.717, 1.165) is 16.2 Å². The van der Waals surface area contributed by atoms with E-state index in [9.17, 15) is 4.39 Å². The molecule has 2 aromatic rings. The van der Waals surface area contributed by atoms with Gasteiger partial charge >= 0.3 is 0 Å². The minimum absolute atomic E-state index is 0.226. The van der Waals surface area contributed by atoms with Crippen LogP contribution in [0.15, 0.2) is 46.9 Å². The lowest BCUT2D eigenvalue weighted by molar-refractivity contribution is 0.550. The van der Waals surface area contributed by atoms with Gasteiger partial charge in [-0.2, -0.15) is 0 Å². The smallest absolute Gasteiger partial charge is 0.127 e. The molecule has 1 unspecified atom stereocenters. The lowest BCUT2D eigenvalue weighted by Gasteiger charge is -2.16. The molecular weight excluding hydrogens is 406 g/mol. The van der Waals surface area contributed by atoms with E-state index in [0.29, 0.717) is 22.9 Å². The second kappa shape index (κ2) is 7.58. The number of rotatable bonds is 5. The van der Waals surface area contributed by atoms with Crippen LogP contribution >= 0.6 is 43.5 Å². The molecule has 2 rings (SSSR count). The number of hydrogen-bond acceptors (Lipinski definition) is 0. The maximum atomic E-state index is 13.9. The zero-order chi connectivity index (χ0) is 14.5. The minimum atomic E-state index is -0.226. The normalized spacial score (nSPS) is 12.4. The molecule has 0 saturated carbocycles. The highest BCUT2D eigenvalue weighted by Crippen LogP contribution is 2.27. The summed E-state index contributed by atoms with van der Waals surface area (Å²) in [6.45, 7) is 0. The van der Waals surface area contributed by atoms with E-state index in [1.807, 2.05) is 18.2 Å². The van der Waals surface area contributed by atoms with Crippen LogP contribution in [0.1, 0.15) is 11.1 Å². The molecule has 0 amide bonds. The zero-order valence-corrected chi connectivity index (χ0v) is 14.7. The van der Waals surface area contributed by atoms with Gasteiger partial charge in [-0.15, -0.1) is 0 Å². The quantitative estimate of drug-likeness (QED) is 0.518. The van der Waals surface area contributed by atoms with Gasteiger partial charge in [0.25, 0.3) is 0 Å². The lowest BCUT2D eigenvalue weighted by atomic mass is 9.94. The van der Waals surface area contributed by atoms with Crippen molar-refractivity contribution in [1.29, 1.82) is 0 Å². The second-order valence-corrected chi connectivity index (χ2v) is 6.63. The summed E-state index contributed by atoms with van der Waals surface area (Å²) in [5.74, 6) is 0.0682. The number of benzene rings is 2. The van der Waals surface area contributed by atoms with E-state index >= 15 is 0 Å². The average molecular weight is 421 g/mol. The van der Waals surface area contributed by atoms with Gasteiger partial charge in [-0.1, -0.05) is 67.7 Å². The fraction of sp³-hybridized carbons (Fsp3) is 0.250. The Bertz CT molecular complexity index is 566. The summed E-state index contributed by atoms with van der Waals surface area (Å²) < 4.78 is 14.9. The molecule has 106 valence electrons. The SMILES string of the molecule is Fc1cccc(Cl)c1CC(CBr)Cc1ccccc1Br. The van der Waals surface area contributed by atoms with E-state index < -0.39 is 0 Å². The van der Waals surface area contributed by atoms with E-state index in [1.165, 1.54) is 11.6 Å². The van der Waals surface area contributed by atoms with E-state index in [4.69, 9.17) is 11.6 Å². The molecule has 0 saturated heterocycles. The predicted molar refractivity (Wildman–Crippen MR) is 90.2 cm³/mol. The highest BCUT2D eigenvalue weighted by Gasteiger charge is 2.15. The van der Waals surface area contributed by atoms with Gasteiger partial charge in [-0.25, -0.2) is 4.39 Å². The van der Waals surface area contributed by atoms with Crippen LogP contribution in [-0.4, -0.2) is 5.33 Å². The van der Waals surface area contributed by atoms with Crippen LogP contribution in [0, 0.1) is 11.7 Å². The Kier molecular flexibility index (Phi) is 6.06. The number of alkyl halides is 1. The Morgan fingerprint density at radius 1 is 1.05 bits per heavy atom. The molecule has 0 aliphatic rings. The third-order valence-electron chi connectivity index (χ3n) is 3.24. The third-order valence-corrected chi connectivity index (χ3v) is 5.28. The fourth-order valence-corrected chi connectivity index (χ4v) is 3.32. The van der Waals surface area contributed by atoms with Gasteiger partial charge in [0.05, 0.1) is 0 Å². The summed E-state index contributed by atoms with van der Waals surface area (Å²) in [6.07, 6.45) is 1.50. The minimum Gasteiger partial charge on any atom is -0.207 e. The molecule has 0 N–H and O–H groups in total. The summed E-state index contributed by atoms with van der Waals surface area (Å²) in [4.78, 5) is 0. The average Bonchev–Trinajstić information content (AvgIpc) is 2.44. The van der Waals surface area contributed by atoms with Crippen molar-refractivity contribution < 1.29 is 4.39 Å². The van der Waals surface area contributed by atoms with Crippen LogP contribution in [0.25, 0.3) is 0 Å². The molecule has 2 aromatic carbocycles. The first kappa shape index (κ1) is 16.0. The van der Waals surface area contributed by atoms with Crippen LogP contribution in [0.2, 0.25) is 5.02 Å². The van der Waals surface area contributed by atoms with Crippen LogP contribution in [0.5, 0.6) is 0 Å². The van der Waals surface area contributed by atoms with Crippen molar-refractivity contribution in [1.82, 2.24) is 0 Å². The van der Waals surface area contributed by atoms with Crippen LogP contribution in [-0.2, 0) is 12.8 Å². The van der Waals surface area contributed by atoms with Crippen molar-refractivity contribution in [2.45, 2.75) is 12.8 Å². The summed E-state index contributed by atoms with van der Waals surface area (Å²) >= 11 is 13.2. The molecule has 0 aliphatic carbocycles. The lowest BCUT2D eigenvalue weighted by Crippen LogP contribution is -2.11. The monoisotopic (exact) mass is 418 g/mol. The van der Waals surface area contributed by atoms with Crippen LogP contribution in [0.3, 0.4) is 0 Å². The molecule has 1 atom stereocenters. The molecule has 4 heteroatoms. The predicted octanol–water partition coefficient (Wildman–Crippen LogP) is 6.04. The highest BCUT2D eigenvalue weighted by atomic mass is 79.9. The molecule has 0 nitrogen and oxygen atoms in total. The highest BCUT2D eigenvalue weighted by molar-refractivity contribution is 9.10. The van der Waals surface area contributed by atoms with Gasteiger partial charge in [0.1, 0.15) is 5.82 Å². The van der Waals surface area contributed by atoms with Gasteiger partial charge in [0.15, 0.2) is 0 Å². The molecule has 0 heterocycles. The summed E-state index contributed by atoms with van der Waals surface area (Å²) in [5, 5.41) is 1.31. The number of hydrogen-bond donors (Lipinski definition) is 0. The Morgan fingerprint density at radius 2 is 1.80 bits per heavy atom. The van der Waals surface area contributed by atoms with Crippen LogP contribution in [0.4, 0.5) is 4.39 Å². The van der Waals surface area contributed by atoms with Crippen LogP contribution < -0.4 is 0 Å². The van der Waals surface area contributed by atoms with E-state index in [2.05, 4.69) is 37.9 Å². The standard InChI is InChI=1S/C16H14Br2ClF/c17-10-11(8-12-4-1-2-5-14(12)18)9-13-15(19)6-3-7-16(13)20/h1-7,11H,8-10H2. The summed E-state index contributed by atoms with van der Waals surface area (Å²) in [5.41, 5.74) is 1.83. The van der Waals surface area contributed by atoms with Crippen molar-refractivity contribution in [2.24, 2.45) is 5.92 Å². The van der Waals surface area contributed by atoms with Gasteiger partial charge in [0.2, 0.25) is 0 Å². The molecular formula is C16H14Br2ClF. The topological polar surface area (TPSA) is 0 Å². The first-order valence-electron chi connectivity index (χ1n) is 6.34. The van der Waals surface area contributed by atoms with Gasteiger partial charge in [-0.05, 0) is 42.5 Å². The van der Waals surface area contributed by atoms with Crippen molar-refractivity contribution in [3.63, 3.8) is 0 Å². The first-order valence-corrected chi connectivity index (χ1v) is 8.63. The van der Waals surface area contributed by atoms with Crippen molar-refractivity contribution in [3.8, 4) is 0 Å². The molecule has 0 aromatic heterocycles. The van der Waals surface area contributed by atoms with Crippen molar-refractivity contribution in [3.05, 3.63) is 68.9 Å². The van der Waals surface area contributed by atoms with Gasteiger partial charge in [-0.3, -0.25) is 0 Å². The zero-order valence-electron chi connectivity index (χ0n) is 10.8. The Balaban J connectivity index is 2.16. The van der Waals surface area contributed by atoms with E-state index in [-0.39, 0.29) is 5.82 Å². The third kappa shape index (κ3) is 4.06. The Labute approximate surface area is 140 Å². The summed E-state index contributed by atoms with van der Waals surface area (Å²) in [6, 6.07) is 13.0. The van der Waals surface area contributed by atoms with Gasteiger partial charge in [0, 0.05) is 20.4 Å². The first-order chi connectivity index (χ1) is 9.61. The molecule has 0 bridgehead atoms.